The largest absolute Gasteiger partial charge is 0.320 e. The van der Waals surface area contributed by atoms with E-state index >= 15 is 0 Å². The average Bonchev–Trinajstić information content (AvgIpc) is 2.85. The second-order valence-electron chi connectivity index (χ2n) is 3.42. The van der Waals surface area contributed by atoms with E-state index in [4.69, 9.17) is 0 Å². The van der Waals surface area contributed by atoms with Crippen molar-refractivity contribution in [1.82, 2.24) is 20.1 Å². The van der Waals surface area contributed by atoms with Crippen molar-refractivity contribution in [3.63, 3.8) is 0 Å². The molecule has 15 heavy (non-hydrogen) atoms. The standard InChI is InChI=1S/C10H14N4S/c1-14-8-12-13-10(14)6-11-4-2-9-3-5-15-7-9/h3,5,7-8,11H,2,4,6H2,1H3. The minimum absolute atomic E-state index is 0.778. The number of thiophene rings is 1. The monoisotopic (exact) mass is 222 g/mol. The number of rotatable bonds is 5. The molecular formula is C10H14N4S. The summed E-state index contributed by atoms with van der Waals surface area (Å²) in [6, 6.07) is 2.16. The van der Waals surface area contributed by atoms with E-state index in [1.165, 1.54) is 5.56 Å². The number of nitrogens with one attached hydrogen (secondary N) is 1. The summed E-state index contributed by atoms with van der Waals surface area (Å²) >= 11 is 1.74. The summed E-state index contributed by atoms with van der Waals surface area (Å²) < 4.78 is 1.93. The van der Waals surface area contributed by atoms with Gasteiger partial charge in [0.2, 0.25) is 0 Å². The third kappa shape index (κ3) is 2.87. The van der Waals surface area contributed by atoms with Gasteiger partial charge in [-0.2, -0.15) is 11.3 Å². The molecule has 0 bridgehead atoms. The maximum atomic E-state index is 4.00. The first-order chi connectivity index (χ1) is 7.36. The Labute approximate surface area is 93.0 Å². The first-order valence-corrected chi connectivity index (χ1v) is 5.85. The molecule has 0 saturated heterocycles. The van der Waals surface area contributed by atoms with Crippen LogP contribution in [-0.2, 0) is 20.0 Å². The van der Waals surface area contributed by atoms with E-state index in [-0.39, 0.29) is 0 Å². The van der Waals surface area contributed by atoms with Crippen LogP contribution in [0.1, 0.15) is 11.4 Å². The maximum Gasteiger partial charge on any atom is 0.146 e. The van der Waals surface area contributed by atoms with E-state index in [1.807, 2.05) is 11.6 Å². The molecule has 0 unspecified atom stereocenters. The van der Waals surface area contributed by atoms with Crippen LogP contribution in [0.5, 0.6) is 0 Å². The van der Waals surface area contributed by atoms with Crippen molar-refractivity contribution in [2.24, 2.45) is 7.05 Å². The normalized spacial score (nSPS) is 10.7. The summed E-state index contributed by atoms with van der Waals surface area (Å²) in [6.45, 7) is 1.75. The Morgan fingerprint density at radius 2 is 2.47 bits per heavy atom. The van der Waals surface area contributed by atoms with Crippen LogP contribution >= 0.6 is 11.3 Å². The first kappa shape index (κ1) is 10.3. The molecule has 80 valence electrons. The van der Waals surface area contributed by atoms with Gasteiger partial charge in [-0.25, -0.2) is 0 Å². The van der Waals surface area contributed by atoms with Gasteiger partial charge < -0.3 is 9.88 Å². The highest BCUT2D eigenvalue weighted by atomic mass is 32.1. The highest BCUT2D eigenvalue weighted by molar-refractivity contribution is 7.07. The van der Waals surface area contributed by atoms with Gasteiger partial charge in [0.1, 0.15) is 12.2 Å². The molecule has 0 aromatic carbocycles. The number of nitrogens with zero attached hydrogens (tertiary/aromatic N) is 3. The van der Waals surface area contributed by atoms with Crippen molar-refractivity contribution in [2.75, 3.05) is 6.54 Å². The van der Waals surface area contributed by atoms with Gasteiger partial charge in [0, 0.05) is 7.05 Å². The van der Waals surface area contributed by atoms with Crippen LogP contribution < -0.4 is 5.32 Å². The van der Waals surface area contributed by atoms with Crippen molar-refractivity contribution in [1.29, 1.82) is 0 Å². The molecule has 0 saturated carbocycles. The molecule has 0 aliphatic rings. The Bertz CT molecular complexity index is 393. The van der Waals surface area contributed by atoms with Crippen molar-refractivity contribution in [2.45, 2.75) is 13.0 Å². The summed E-state index contributed by atoms with van der Waals surface area (Å²) in [6.07, 6.45) is 2.79. The first-order valence-electron chi connectivity index (χ1n) is 4.91. The summed E-state index contributed by atoms with van der Waals surface area (Å²) in [5, 5.41) is 15.5. The Balaban J connectivity index is 1.70. The predicted octanol–water partition coefficient (Wildman–Crippen LogP) is 1.21. The Morgan fingerprint density at radius 3 is 3.13 bits per heavy atom. The molecule has 0 radical (unpaired) electrons. The van der Waals surface area contributed by atoms with E-state index < -0.39 is 0 Å². The second-order valence-corrected chi connectivity index (χ2v) is 4.20. The minimum atomic E-state index is 0.778. The number of hydrogen-bond donors (Lipinski definition) is 1. The molecule has 5 heteroatoms. The quantitative estimate of drug-likeness (QED) is 0.773. The Kier molecular flexibility index (Phi) is 3.47. The van der Waals surface area contributed by atoms with E-state index in [2.05, 4.69) is 32.3 Å². The van der Waals surface area contributed by atoms with Gasteiger partial charge in [0.15, 0.2) is 0 Å². The lowest BCUT2D eigenvalue weighted by Gasteiger charge is -2.02. The van der Waals surface area contributed by atoms with Crippen LogP contribution in [0.2, 0.25) is 0 Å². The predicted molar refractivity (Wildman–Crippen MR) is 60.7 cm³/mol. The van der Waals surface area contributed by atoms with Gasteiger partial charge in [-0.05, 0) is 35.4 Å². The van der Waals surface area contributed by atoms with Gasteiger partial charge in [0.05, 0.1) is 6.54 Å². The fourth-order valence-electron chi connectivity index (χ4n) is 1.33. The SMILES string of the molecule is Cn1cnnc1CNCCc1ccsc1. The Morgan fingerprint density at radius 1 is 1.53 bits per heavy atom. The van der Waals surface area contributed by atoms with Gasteiger partial charge in [-0.1, -0.05) is 0 Å². The smallest absolute Gasteiger partial charge is 0.146 e. The van der Waals surface area contributed by atoms with Crippen molar-refractivity contribution < 1.29 is 0 Å². The van der Waals surface area contributed by atoms with E-state index in [1.54, 1.807) is 17.7 Å². The van der Waals surface area contributed by atoms with Gasteiger partial charge in [-0.15, -0.1) is 10.2 Å². The molecular weight excluding hydrogens is 208 g/mol. The number of aromatic nitrogens is 3. The van der Waals surface area contributed by atoms with Crippen molar-refractivity contribution >= 4 is 11.3 Å². The highest BCUT2D eigenvalue weighted by Crippen LogP contribution is 2.05. The summed E-state index contributed by atoms with van der Waals surface area (Å²) in [5.41, 5.74) is 1.39. The van der Waals surface area contributed by atoms with E-state index in [0.717, 1.165) is 25.3 Å². The molecule has 0 amide bonds. The summed E-state index contributed by atoms with van der Waals surface area (Å²) in [7, 11) is 1.95. The lowest BCUT2D eigenvalue weighted by molar-refractivity contribution is 0.636. The van der Waals surface area contributed by atoms with Crippen LogP contribution in [0.15, 0.2) is 23.2 Å². The molecule has 0 aliphatic heterocycles. The molecule has 4 nitrogen and oxygen atoms in total. The van der Waals surface area contributed by atoms with E-state index in [9.17, 15) is 0 Å². The van der Waals surface area contributed by atoms with Crippen LogP contribution in [0.3, 0.4) is 0 Å². The molecule has 0 fully saturated rings. The highest BCUT2D eigenvalue weighted by Gasteiger charge is 1.99. The number of aryl methyl sites for hydroxylation is 1. The zero-order valence-electron chi connectivity index (χ0n) is 8.68. The van der Waals surface area contributed by atoms with Crippen molar-refractivity contribution in [3.05, 3.63) is 34.5 Å². The lowest BCUT2D eigenvalue weighted by atomic mass is 10.2. The molecule has 2 aromatic heterocycles. The minimum Gasteiger partial charge on any atom is -0.320 e. The van der Waals surface area contributed by atoms with Crippen LogP contribution in [0.4, 0.5) is 0 Å². The maximum absolute atomic E-state index is 4.00. The number of hydrogen-bond acceptors (Lipinski definition) is 4. The van der Waals surface area contributed by atoms with Gasteiger partial charge >= 0.3 is 0 Å². The molecule has 0 atom stereocenters. The average molecular weight is 222 g/mol. The fourth-order valence-corrected chi connectivity index (χ4v) is 2.04. The molecule has 2 aromatic rings. The van der Waals surface area contributed by atoms with E-state index in [0.29, 0.717) is 0 Å². The second kappa shape index (κ2) is 5.04. The third-order valence-corrected chi connectivity index (χ3v) is 2.99. The third-order valence-electron chi connectivity index (χ3n) is 2.26. The molecule has 0 spiro atoms. The fraction of sp³-hybridized carbons (Fsp3) is 0.400. The Hall–Kier alpha value is -1.20. The molecule has 2 rings (SSSR count). The lowest BCUT2D eigenvalue weighted by Crippen LogP contribution is -2.18. The van der Waals surface area contributed by atoms with Crippen LogP contribution in [0, 0.1) is 0 Å². The molecule has 2 heterocycles. The topological polar surface area (TPSA) is 42.7 Å². The van der Waals surface area contributed by atoms with Crippen molar-refractivity contribution in [3.8, 4) is 0 Å². The van der Waals surface area contributed by atoms with Gasteiger partial charge in [-0.3, -0.25) is 0 Å². The molecule has 0 aliphatic carbocycles. The summed E-state index contributed by atoms with van der Waals surface area (Å²) in [4.78, 5) is 0. The van der Waals surface area contributed by atoms with Crippen LogP contribution in [-0.4, -0.2) is 21.3 Å². The van der Waals surface area contributed by atoms with Gasteiger partial charge in [0.25, 0.3) is 0 Å². The summed E-state index contributed by atoms with van der Waals surface area (Å²) in [5.74, 6) is 0.973. The van der Waals surface area contributed by atoms with Crippen LogP contribution in [0.25, 0.3) is 0 Å². The zero-order chi connectivity index (χ0) is 10.5. The zero-order valence-corrected chi connectivity index (χ0v) is 9.50. The molecule has 1 N–H and O–H groups in total.